The van der Waals surface area contributed by atoms with Gasteiger partial charge in [0.2, 0.25) is 0 Å². The van der Waals surface area contributed by atoms with Crippen molar-refractivity contribution in [3.8, 4) is 0 Å². The van der Waals surface area contributed by atoms with Gasteiger partial charge in [-0.05, 0) is 48.2 Å². The van der Waals surface area contributed by atoms with E-state index in [1.807, 2.05) is 12.1 Å². The molecule has 120 valence electrons. The van der Waals surface area contributed by atoms with Gasteiger partial charge in [-0.15, -0.1) is 0 Å². The number of hydrogen-bond acceptors (Lipinski definition) is 3. The van der Waals surface area contributed by atoms with E-state index in [2.05, 4.69) is 17.2 Å². The zero-order chi connectivity index (χ0) is 16.7. The number of aryl methyl sites for hydroxylation is 1. The van der Waals surface area contributed by atoms with Crippen molar-refractivity contribution in [1.29, 1.82) is 0 Å². The molecule has 1 amide bonds. The SMILES string of the molecule is NC(=O)C1=NN(c2ccc(F)cc2)C2=C(CCc3ccccc32)C1. The van der Waals surface area contributed by atoms with Gasteiger partial charge in [0.25, 0.3) is 5.91 Å². The molecule has 24 heavy (non-hydrogen) atoms. The Morgan fingerprint density at radius 2 is 1.83 bits per heavy atom. The summed E-state index contributed by atoms with van der Waals surface area (Å²) in [5, 5.41) is 6.18. The average molecular weight is 321 g/mol. The Balaban J connectivity index is 1.89. The summed E-state index contributed by atoms with van der Waals surface area (Å²) in [7, 11) is 0. The van der Waals surface area contributed by atoms with Crippen LogP contribution >= 0.6 is 0 Å². The summed E-state index contributed by atoms with van der Waals surface area (Å²) >= 11 is 0. The first kappa shape index (κ1) is 14.6. The van der Waals surface area contributed by atoms with E-state index < -0.39 is 5.91 Å². The molecule has 1 heterocycles. The summed E-state index contributed by atoms with van der Waals surface area (Å²) in [6.45, 7) is 0. The van der Waals surface area contributed by atoms with E-state index in [9.17, 15) is 9.18 Å². The van der Waals surface area contributed by atoms with Crippen LogP contribution in [-0.2, 0) is 11.2 Å². The van der Waals surface area contributed by atoms with Crippen LogP contribution in [0.5, 0.6) is 0 Å². The van der Waals surface area contributed by atoms with Gasteiger partial charge >= 0.3 is 0 Å². The summed E-state index contributed by atoms with van der Waals surface area (Å²) in [5.74, 6) is -0.833. The minimum Gasteiger partial charge on any atom is -0.364 e. The number of primary amides is 1. The molecular formula is C19H16FN3O. The second-order valence-corrected chi connectivity index (χ2v) is 5.99. The van der Waals surface area contributed by atoms with Crippen molar-refractivity contribution < 1.29 is 9.18 Å². The lowest BCUT2D eigenvalue weighted by molar-refractivity contribution is -0.112. The molecule has 0 saturated heterocycles. The summed E-state index contributed by atoms with van der Waals surface area (Å²) in [6.07, 6.45) is 2.26. The number of amides is 1. The maximum atomic E-state index is 13.3. The van der Waals surface area contributed by atoms with E-state index in [-0.39, 0.29) is 5.82 Å². The molecule has 2 aromatic rings. The van der Waals surface area contributed by atoms with E-state index in [1.165, 1.54) is 17.7 Å². The van der Waals surface area contributed by atoms with Gasteiger partial charge in [-0.25, -0.2) is 9.40 Å². The van der Waals surface area contributed by atoms with E-state index in [1.54, 1.807) is 17.1 Å². The van der Waals surface area contributed by atoms with E-state index in [0.29, 0.717) is 17.8 Å². The topological polar surface area (TPSA) is 58.7 Å². The number of hydrogen-bond donors (Lipinski definition) is 1. The number of halogens is 1. The summed E-state index contributed by atoms with van der Waals surface area (Å²) in [6, 6.07) is 14.3. The third kappa shape index (κ3) is 2.38. The monoisotopic (exact) mass is 321 g/mol. The fourth-order valence-electron chi connectivity index (χ4n) is 3.31. The molecule has 4 rings (SSSR count). The minimum absolute atomic E-state index is 0.312. The molecule has 2 aromatic carbocycles. The maximum Gasteiger partial charge on any atom is 0.265 e. The summed E-state index contributed by atoms with van der Waals surface area (Å²) < 4.78 is 13.3. The molecule has 0 spiro atoms. The number of anilines is 1. The highest BCUT2D eigenvalue weighted by Gasteiger charge is 2.30. The maximum absolute atomic E-state index is 13.3. The molecule has 0 bridgehead atoms. The number of rotatable bonds is 2. The predicted molar refractivity (Wildman–Crippen MR) is 91.8 cm³/mol. The summed E-state index contributed by atoms with van der Waals surface area (Å²) in [4.78, 5) is 11.7. The first-order valence-corrected chi connectivity index (χ1v) is 7.87. The number of nitrogens with zero attached hydrogens (tertiary/aromatic N) is 2. The lowest BCUT2D eigenvalue weighted by Crippen LogP contribution is -2.33. The van der Waals surface area contributed by atoms with Gasteiger partial charge in [-0.2, -0.15) is 5.10 Å². The van der Waals surface area contributed by atoms with Crippen molar-refractivity contribution in [2.45, 2.75) is 19.3 Å². The van der Waals surface area contributed by atoms with Gasteiger partial charge in [0.05, 0.1) is 11.4 Å². The van der Waals surface area contributed by atoms with Gasteiger partial charge in [0.15, 0.2) is 0 Å². The molecule has 2 N–H and O–H groups in total. The van der Waals surface area contributed by atoms with Crippen LogP contribution < -0.4 is 10.7 Å². The Morgan fingerprint density at radius 3 is 2.58 bits per heavy atom. The standard InChI is InChI=1S/C19H16FN3O/c20-14-7-9-15(10-8-14)23-18-13(11-17(22-23)19(21)24)6-5-12-3-1-2-4-16(12)18/h1-4,7-10H,5-6,11H2,(H2,21,24). The van der Waals surface area contributed by atoms with Crippen LogP contribution in [0.3, 0.4) is 0 Å². The van der Waals surface area contributed by atoms with Crippen molar-refractivity contribution in [2.75, 3.05) is 5.01 Å². The van der Waals surface area contributed by atoms with Gasteiger partial charge in [-0.3, -0.25) is 4.79 Å². The van der Waals surface area contributed by atoms with Crippen molar-refractivity contribution in [3.63, 3.8) is 0 Å². The lowest BCUT2D eigenvalue weighted by Gasteiger charge is -2.34. The number of carbonyl (C=O) groups is 1. The van der Waals surface area contributed by atoms with Crippen LogP contribution in [0.2, 0.25) is 0 Å². The molecule has 0 aromatic heterocycles. The molecule has 0 saturated carbocycles. The quantitative estimate of drug-likeness (QED) is 0.923. The lowest BCUT2D eigenvalue weighted by atomic mass is 9.85. The molecule has 2 aliphatic rings. The Labute approximate surface area is 139 Å². The zero-order valence-corrected chi connectivity index (χ0v) is 13.0. The molecule has 0 atom stereocenters. The van der Waals surface area contributed by atoms with Gasteiger partial charge in [0.1, 0.15) is 11.5 Å². The van der Waals surface area contributed by atoms with Crippen molar-refractivity contribution >= 4 is 23.0 Å². The average Bonchev–Trinajstić information content (AvgIpc) is 2.61. The third-order valence-electron chi connectivity index (χ3n) is 4.47. The van der Waals surface area contributed by atoms with Crippen LogP contribution in [0.4, 0.5) is 10.1 Å². The third-order valence-corrected chi connectivity index (χ3v) is 4.47. The number of carbonyl (C=O) groups excluding carboxylic acids is 1. The summed E-state index contributed by atoms with van der Waals surface area (Å²) in [5.41, 5.74) is 11.0. The Morgan fingerprint density at radius 1 is 1.08 bits per heavy atom. The second-order valence-electron chi connectivity index (χ2n) is 5.99. The smallest absolute Gasteiger partial charge is 0.265 e. The van der Waals surface area contributed by atoms with Gasteiger partial charge < -0.3 is 5.73 Å². The first-order valence-electron chi connectivity index (χ1n) is 7.87. The number of benzene rings is 2. The van der Waals surface area contributed by atoms with Gasteiger partial charge in [-0.1, -0.05) is 24.3 Å². The van der Waals surface area contributed by atoms with E-state index in [4.69, 9.17) is 5.73 Å². The number of nitrogens with two attached hydrogens (primary N) is 1. The minimum atomic E-state index is -0.521. The van der Waals surface area contributed by atoms with Crippen LogP contribution in [0.1, 0.15) is 24.0 Å². The molecular weight excluding hydrogens is 305 g/mol. The largest absolute Gasteiger partial charge is 0.364 e. The Kier molecular flexibility index (Phi) is 3.41. The normalized spacial score (nSPS) is 16.4. The molecule has 0 fully saturated rings. The fourth-order valence-corrected chi connectivity index (χ4v) is 3.31. The van der Waals surface area contributed by atoms with Crippen LogP contribution in [0.15, 0.2) is 59.2 Å². The molecule has 0 unspecified atom stereocenters. The highest BCUT2D eigenvalue weighted by Crippen LogP contribution is 2.40. The molecule has 4 nitrogen and oxygen atoms in total. The molecule has 1 aliphatic carbocycles. The number of hydrazone groups is 1. The van der Waals surface area contributed by atoms with Crippen molar-refractivity contribution in [2.24, 2.45) is 10.8 Å². The van der Waals surface area contributed by atoms with E-state index >= 15 is 0 Å². The fraction of sp³-hybridized carbons (Fsp3) is 0.158. The van der Waals surface area contributed by atoms with Crippen LogP contribution in [0, 0.1) is 5.82 Å². The van der Waals surface area contributed by atoms with Crippen molar-refractivity contribution in [1.82, 2.24) is 0 Å². The second kappa shape index (κ2) is 5.60. The molecule has 5 heteroatoms. The number of fused-ring (bicyclic) bond motifs is 2. The molecule has 1 aliphatic heterocycles. The number of allylic oxidation sites excluding steroid dienone is 1. The van der Waals surface area contributed by atoms with Crippen LogP contribution in [-0.4, -0.2) is 11.6 Å². The highest BCUT2D eigenvalue weighted by molar-refractivity contribution is 6.39. The Bertz CT molecular complexity index is 884. The van der Waals surface area contributed by atoms with Crippen molar-refractivity contribution in [3.05, 3.63) is 71.0 Å². The highest BCUT2D eigenvalue weighted by atomic mass is 19.1. The zero-order valence-electron chi connectivity index (χ0n) is 13.0. The Hall–Kier alpha value is -2.95. The van der Waals surface area contributed by atoms with E-state index in [0.717, 1.165) is 29.7 Å². The van der Waals surface area contributed by atoms with Crippen LogP contribution in [0.25, 0.3) is 5.70 Å². The predicted octanol–water partition coefficient (Wildman–Crippen LogP) is 3.23. The van der Waals surface area contributed by atoms with Gasteiger partial charge in [0, 0.05) is 12.0 Å². The first-order chi connectivity index (χ1) is 11.6. The molecule has 0 radical (unpaired) electrons.